The van der Waals surface area contributed by atoms with Gasteiger partial charge in [-0.05, 0) is 82.4 Å². The summed E-state index contributed by atoms with van der Waals surface area (Å²) in [5.74, 6) is 1.41. The summed E-state index contributed by atoms with van der Waals surface area (Å²) in [6.07, 6.45) is 5.52. The van der Waals surface area contributed by atoms with Crippen LogP contribution in [-0.4, -0.2) is 66.9 Å². The minimum Gasteiger partial charge on any atom is -0.444 e. The first kappa shape index (κ1) is 25.3. The molecule has 1 aromatic carbocycles. The second-order valence-corrected chi connectivity index (χ2v) is 10.4. The van der Waals surface area contributed by atoms with Gasteiger partial charge in [0.1, 0.15) is 5.60 Å². The minimum absolute atomic E-state index is 0.0212. The van der Waals surface area contributed by atoms with Crippen molar-refractivity contribution in [1.82, 2.24) is 10.2 Å². The van der Waals surface area contributed by atoms with Gasteiger partial charge in [0.15, 0.2) is 0 Å². The first-order valence-electron chi connectivity index (χ1n) is 12.4. The van der Waals surface area contributed by atoms with Crippen LogP contribution in [0.2, 0.25) is 0 Å². The number of carbonyl (C=O) groups excluding carboxylic acids is 2. The van der Waals surface area contributed by atoms with E-state index in [4.69, 9.17) is 9.84 Å². The number of aliphatic hydroxyl groups is 1. The smallest absolute Gasteiger partial charge is 0.410 e. The molecule has 33 heavy (non-hydrogen) atoms. The molecule has 0 aliphatic carbocycles. The number of hydrogen-bond acceptors (Lipinski definition) is 5. The van der Waals surface area contributed by atoms with Gasteiger partial charge in [-0.1, -0.05) is 12.1 Å². The molecule has 184 valence electrons. The van der Waals surface area contributed by atoms with E-state index >= 15 is 0 Å². The summed E-state index contributed by atoms with van der Waals surface area (Å²) in [4.78, 5) is 28.3. The van der Waals surface area contributed by atoms with Crippen LogP contribution in [0, 0.1) is 11.8 Å². The molecule has 0 unspecified atom stereocenters. The molecule has 7 nitrogen and oxygen atoms in total. The number of anilines is 1. The minimum atomic E-state index is -0.437. The second-order valence-electron chi connectivity index (χ2n) is 10.4. The van der Waals surface area contributed by atoms with E-state index < -0.39 is 5.60 Å². The van der Waals surface area contributed by atoms with E-state index in [9.17, 15) is 9.59 Å². The molecule has 0 aromatic heterocycles. The van der Waals surface area contributed by atoms with Gasteiger partial charge in [-0.15, -0.1) is 0 Å². The summed E-state index contributed by atoms with van der Waals surface area (Å²) in [5, 5.41) is 11.5. The molecule has 2 aliphatic heterocycles. The lowest BCUT2D eigenvalue weighted by Crippen LogP contribution is -2.44. The van der Waals surface area contributed by atoms with E-state index in [-0.39, 0.29) is 18.6 Å². The lowest BCUT2D eigenvalue weighted by Gasteiger charge is -2.41. The van der Waals surface area contributed by atoms with Crippen molar-refractivity contribution >= 4 is 17.7 Å². The fraction of sp³-hybridized carbons (Fsp3) is 0.692. The summed E-state index contributed by atoms with van der Waals surface area (Å²) in [6.45, 7) is 9.78. The van der Waals surface area contributed by atoms with Crippen LogP contribution in [-0.2, 0) is 16.0 Å². The fourth-order valence-corrected chi connectivity index (χ4v) is 4.92. The number of piperidine rings is 2. The Morgan fingerprint density at radius 3 is 2.12 bits per heavy atom. The van der Waals surface area contributed by atoms with Crippen molar-refractivity contribution in [2.24, 2.45) is 11.8 Å². The number of aryl methyl sites for hydroxylation is 1. The van der Waals surface area contributed by atoms with Crippen molar-refractivity contribution in [1.29, 1.82) is 0 Å². The number of amides is 2. The van der Waals surface area contributed by atoms with Gasteiger partial charge in [-0.2, -0.15) is 0 Å². The van der Waals surface area contributed by atoms with Crippen molar-refractivity contribution in [3.05, 3.63) is 29.8 Å². The Balaban J connectivity index is 1.39. The van der Waals surface area contributed by atoms with Crippen molar-refractivity contribution < 1.29 is 19.4 Å². The molecule has 2 fully saturated rings. The summed E-state index contributed by atoms with van der Waals surface area (Å²) < 4.78 is 5.52. The third-order valence-electron chi connectivity index (χ3n) is 6.77. The average Bonchev–Trinajstić information content (AvgIpc) is 2.81. The summed E-state index contributed by atoms with van der Waals surface area (Å²) >= 11 is 0. The lowest BCUT2D eigenvalue weighted by molar-refractivity contribution is -0.121. The Morgan fingerprint density at radius 1 is 1.00 bits per heavy atom. The second kappa shape index (κ2) is 11.7. The van der Waals surface area contributed by atoms with Crippen molar-refractivity contribution in [2.75, 3.05) is 44.2 Å². The number of rotatable bonds is 7. The Kier molecular flexibility index (Phi) is 9.01. The predicted molar refractivity (Wildman–Crippen MR) is 130 cm³/mol. The Morgan fingerprint density at radius 2 is 1.58 bits per heavy atom. The molecular weight excluding hydrogens is 418 g/mol. The molecular formula is C26H41N3O4. The summed E-state index contributed by atoms with van der Waals surface area (Å²) in [5.41, 5.74) is 1.97. The molecule has 0 bridgehead atoms. The van der Waals surface area contributed by atoms with Crippen LogP contribution in [0.4, 0.5) is 10.5 Å². The number of aliphatic hydroxyl groups excluding tert-OH is 1. The van der Waals surface area contributed by atoms with E-state index in [0.717, 1.165) is 50.5 Å². The molecule has 2 heterocycles. The molecule has 0 saturated carbocycles. The third-order valence-corrected chi connectivity index (χ3v) is 6.77. The van der Waals surface area contributed by atoms with Crippen LogP contribution in [0.15, 0.2) is 24.3 Å². The van der Waals surface area contributed by atoms with Crippen LogP contribution in [0.1, 0.15) is 58.4 Å². The van der Waals surface area contributed by atoms with Gasteiger partial charge in [0, 0.05) is 44.8 Å². The maximum atomic E-state index is 12.3. The van der Waals surface area contributed by atoms with Gasteiger partial charge in [0.05, 0.1) is 6.61 Å². The first-order valence-corrected chi connectivity index (χ1v) is 12.4. The number of nitrogens with one attached hydrogen (secondary N) is 1. The first-order chi connectivity index (χ1) is 15.7. The van der Waals surface area contributed by atoms with Crippen LogP contribution in [0.3, 0.4) is 0 Å². The molecule has 2 amide bonds. The highest BCUT2D eigenvalue weighted by Crippen LogP contribution is 2.34. The molecule has 2 aliphatic rings. The van der Waals surface area contributed by atoms with E-state index in [1.807, 2.05) is 25.7 Å². The monoisotopic (exact) mass is 459 g/mol. The zero-order valence-electron chi connectivity index (χ0n) is 20.5. The molecule has 2 N–H and O–H groups in total. The largest absolute Gasteiger partial charge is 0.444 e. The van der Waals surface area contributed by atoms with Gasteiger partial charge in [0.2, 0.25) is 5.91 Å². The highest BCUT2D eigenvalue weighted by atomic mass is 16.6. The molecule has 2 saturated heterocycles. The van der Waals surface area contributed by atoms with Gasteiger partial charge >= 0.3 is 6.09 Å². The Hall–Kier alpha value is -2.28. The highest BCUT2D eigenvalue weighted by Gasteiger charge is 2.32. The number of carbonyl (C=O) groups is 2. The topological polar surface area (TPSA) is 82.1 Å². The van der Waals surface area contributed by atoms with Gasteiger partial charge in [0.25, 0.3) is 0 Å². The molecule has 7 heteroatoms. The number of nitrogens with zero attached hydrogens (tertiary/aromatic N) is 2. The fourth-order valence-electron chi connectivity index (χ4n) is 4.92. The maximum absolute atomic E-state index is 12.3. The van der Waals surface area contributed by atoms with Crippen molar-refractivity contribution in [2.45, 2.75) is 64.9 Å². The molecule has 0 spiro atoms. The number of ether oxygens (including phenoxy) is 1. The van der Waals surface area contributed by atoms with Crippen LogP contribution in [0.5, 0.6) is 0 Å². The van der Waals surface area contributed by atoms with Gasteiger partial charge < -0.3 is 25.0 Å². The van der Waals surface area contributed by atoms with Crippen LogP contribution >= 0.6 is 0 Å². The van der Waals surface area contributed by atoms with E-state index in [0.29, 0.717) is 25.3 Å². The maximum Gasteiger partial charge on any atom is 0.410 e. The molecule has 0 atom stereocenters. The van der Waals surface area contributed by atoms with Crippen molar-refractivity contribution in [3.63, 3.8) is 0 Å². The van der Waals surface area contributed by atoms with Crippen LogP contribution < -0.4 is 10.2 Å². The lowest BCUT2D eigenvalue weighted by atomic mass is 9.79. The zero-order valence-corrected chi connectivity index (χ0v) is 20.5. The standard InChI is InChI=1S/C26H41N3O4/c1-26(2,3)33-25(32)29-17-12-22(13-18-29)21-10-15-28(16-11-21)23-7-4-20(5-8-23)6-9-24(31)27-14-19-30/h4-5,7-8,21-22,30H,6,9-19H2,1-3H3,(H,27,31). The Bertz CT molecular complexity index is 759. The third kappa shape index (κ3) is 7.91. The number of benzene rings is 1. The summed E-state index contributed by atoms with van der Waals surface area (Å²) in [7, 11) is 0. The van der Waals surface area contributed by atoms with Crippen LogP contribution in [0.25, 0.3) is 0 Å². The van der Waals surface area contributed by atoms with Gasteiger partial charge in [-0.25, -0.2) is 4.79 Å². The predicted octanol–water partition coefficient (Wildman–Crippen LogP) is 3.59. The molecule has 0 radical (unpaired) electrons. The quantitative estimate of drug-likeness (QED) is 0.651. The Labute approximate surface area is 198 Å². The van der Waals surface area contributed by atoms with E-state index in [2.05, 4.69) is 34.5 Å². The van der Waals surface area contributed by atoms with Crippen molar-refractivity contribution in [3.8, 4) is 0 Å². The zero-order chi connectivity index (χ0) is 23.8. The molecule has 1 aromatic rings. The van der Waals surface area contributed by atoms with E-state index in [1.165, 1.54) is 18.5 Å². The summed E-state index contributed by atoms with van der Waals surface area (Å²) in [6, 6.07) is 8.57. The average molecular weight is 460 g/mol. The SMILES string of the molecule is CC(C)(C)OC(=O)N1CCC(C2CCN(c3ccc(CCC(=O)NCCO)cc3)CC2)CC1. The number of hydrogen-bond donors (Lipinski definition) is 2. The van der Waals surface area contributed by atoms with E-state index in [1.54, 1.807) is 0 Å². The molecule has 3 rings (SSSR count). The normalized spacial score (nSPS) is 18.3. The number of likely N-dealkylation sites (tertiary alicyclic amines) is 1. The highest BCUT2D eigenvalue weighted by molar-refractivity contribution is 5.76. The van der Waals surface area contributed by atoms with Gasteiger partial charge in [-0.3, -0.25) is 4.79 Å².